The van der Waals surface area contributed by atoms with E-state index in [1.165, 1.54) is 4.88 Å². The number of nitrogens with one attached hydrogen (secondary N) is 1. The molecule has 1 unspecified atom stereocenters. The smallest absolute Gasteiger partial charge is 0.317 e. The Morgan fingerprint density at radius 3 is 2.83 bits per heavy atom. The topological polar surface area (TPSA) is 53.4 Å². The molecule has 23 heavy (non-hydrogen) atoms. The van der Waals surface area contributed by atoms with Crippen molar-refractivity contribution in [2.45, 2.75) is 26.1 Å². The Balaban J connectivity index is 1.41. The average molecular weight is 333 g/mol. The van der Waals surface area contributed by atoms with Crippen LogP contribution in [0.5, 0.6) is 0 Å². The molecule has 1 saturated heterocycles. The number of aromatic nitrogens is 2. The van der Waals surface area contributed by atoms with Crippen molar-refractivity contribution in [2.24, 2.45) is 0 Å². The molecule has 1 N–H and O–H groups in total. The third-order valence-electron chi connectivity index (χ3n) is 4.01. The van der Waals surface area contributed by atoms with Gasteiger partial charge >= 0.3 is 6.03 Å². The van der Waals surface area contributed by atoms with Gasteiger partial charge in [0.1, 0.15) is 0 Å². The van der Waals surface area contributed by atoms with Gasteiger partial charge in [-0.25, -0.2) is 4.79 Å². The second-order valence-electron chi connectivity index (χ2n) is 5.92. The van der Waals surface area contributed by atoms with E-state index >= 15 is 0 Å². The van der Waals surface area contributed by atoms with Gasteiger partial charge in [0.15, 0.2) is 0 Å². The standard InChI is InChI=1S/C16H23N5OS/c1-14(12-21-6-3-5-17-21)18-16(22)20-9-7-19(8-10-20)13-15-4-2-11-23-15/h2-6,11,14H,7-10,12-13H2,1H3,(H,18,22). The fourth-order valence-electron chi connectivity index (χ4n) is 2.77. The Hall–Kier alpha value is -1.86. The van der Waals surface area contributed by atoms with Crippen LogP contribution < -0.4 is 5.32 Å². The maximum Gasteiger partial charge on any atom is 0.317 e. The number of amides is 2. The van der Waals surface area contributed by atoms with E-state index in [2.05, 4.69) is 32.8 Å². The lowest BCUT2D eigenvalue weighted by Crippen LogP contribution is -2.53. The Bertz CT molecular complexity index is 590. The Morgan fingerprint density at radius 2 is 2.17 bits per heavy atom. The first kappa shape index (κ1) is 16.0. The van der Waals surface area contributed by atoms with Gasteiger partial charge in [0.05, 0.1) is 6.54 Å². The zero-order valence-corrected chi connectivity index (χ0v) is 14.2. The first-order valence-electron chi connectivity index (χ1n) is 7.98. The molecule has 124 valence electrons. The van der Waals surface area contributed by atoms with E-state index in [4.69, 9.17) is 0 Å². The highest BCUT2D eigenvalue weighted by molar-refractivity contribution is 7.09. The summed E-state index contributed by atoms with van der Waals surface area (Å²) in [7, 11) is 0. The molecular weight excluding hydrogens is 310 g/mol. The van der Waals surface area contributed by atoms with Crippen molar-refractivity contribution < 1.29 is 4.79 Å². The van der Waals surface area contributed by atoms with Gasteiger partial charge in [-0.15, -0.1) is 11.3 Å². The molecule has 2 aromatic heterocycles. The highest BCUT2D eigenvalue weighted by atomic mass is 32.1. The maximum atomic E-state index is 12.3. The summed E-state index contributed by atoms with van der Waals surface area (Å²) in [5.74, 6) is 0. The van der Waals surface area contributed by atoms with Gasteiger partial charge in [-0.05, 0) is 24.4 Å². The van der Waals surface area contributed by atoms with Crippen molar-refractivity contribution in [1.29, 1.82) is 0 Å². The number of hydrogen-bond donors (Lipinski definition) is 1. The quantitative estimate of drug-likeness (QED) is 0.909. The van der Waals surface area contributed by atoms with Crippen LogP contribution in [0.3, 0.4) is 0 Å². The van der Waals surface area contributed by atoms with Gasteiger partial charge in [0, 0.05) is 56.0 Å². The summed E-state index contributed by atoms with van der Waals surface area (Å²) < 4.78 is 1.84. The SMILES string of the molecule is CC(Cn1cccn1)NC(=O)N1CCN(Cc2cccs2)CC1. The number of nitrogens with zero attached hydrogens (tertiary/aromatic N) is 4. The fraction of sp³-hybridized carbons (Fsp3) is 0.500. The van der Waals surface area contributed by atoms with Crippen molar-refractivity contribution in [2.75, 3.05) is 26.2 Å². The number of piperazine rings is 1. The van der Waals surface area contributed by atoms with E-state index in [9.17, 15) is 4.79 Å². The van der Waals surface area contributed by atoms with Crippen molar-refractivity contribution >= 4 is 17.4 Å². The fourth-order valence-corrected chi connectivity index (χ4v) is 3.51. The van der Waals surface area contributed by atoms with Crippen LogP contribution in [0.25, 0.3) is 0 Å². The third kappa shape index (κ3) is 4.56. The van der Waals surface area contributed by atoms with Gasteiger partial charge in [0.25, 0.3) is 0 Å². The van der Waals surface area contributed by atoms with E-state index in [0.29, 0.717) is 6.54 Å². The van der Waals surface area contributed by atoms with Crippen LogP contribution in [0.4, 0.5) is 4.79 Å². The second-order valence-corrected chi connectivity index (χ2v) is 6.95. The predicted octanol–water partition coefficient (Wildman–Crippen LogP) is 1.86. The van der Waals surface area contributed by atoms with Crippen molar-refractivity contribution in [3.05, 3.63) is 40.8 Å². The maximum absolute atomic E-state index is 12.3. The minimum absolute atomic E-state index is 0.0282. The van der Waals surface area contributed by atoms with Crippen molar-refractivity contribution in [3.63, 3.8) is 0 Å². The summed E-state index contributed by atoms with van der Waals surface area (Å²) in [4.78, 5) is 18.0. The lowest BCUT2D eigenvalue weighted by molar-refractivity contribution is 0.133. The second kappa shape index (κ2) is 7.61. The highest BCUT2D eigenvalue weighted by Crippen LogP contribution is 2.13. The van der Waals surface area contributed by atoms with Gasteiger partial charge < -0.3 is 10.2 Å². The van der Waals surface area contributed by atoms with Gasteiger partial charge in [-0.2, -0.15) is 5.10 Å². The minimum Gasteiger partial charge on any atom is -0.334 e. The molecule has 0 bridgehead atoms. The third-order valence-corrected chi connectivity index (χ3v) is 4.87. The number of hydrogen-bond acceptors (Lipinski definition) is 4. The molecule has 1 aliphatic rings. The summed E-state index contributed by atoms with van der Waals surface area (Å²) in [5.41, 5.74) is 0. The van der Waals surface area contributed by atoms with Crippen LogP contribution in [0.15, 0.2) is 36.0 Å². The van der Waals surface area contributed by atoms with Crippen LogP contribution in [0.2, 0.25) is 0 Å². The van der Waals surface area contributed by atoms with E-state index in [0.717, 1.165) is 32.7 Å². The molecule has 2 amide bonds. The molecule has 1 atom stereocenters. The number of urea groups is 1. The monoisotopic (exact) mass is 333 g/mol. The normalized spacial score (nSPS) is 17.2. The van der Waals surface area contributed by atoms with Gasteiger partial charge in [-0.1, -0.05) is 6.07 Å². The lowest BCUT2D eigenvalue weighted by Gasteiger charge is -2.35. The van der Waals surface area contributed by atoms with E-state index < -0.39 is 0 Å². The molecule has 1 aliphatic heterocycles. The van der Waals surface area contributed by atoms with Gasteiger partial charge in [-0.3, -0.25) is 9.58 Å². The molecular formula is C16H23N5OS. The van der Waals surface area contributed by atoms with Crippen molar-refractivity contribution in [1.82, 2.24) is 24.9 Å². The lowest BCUT2D eigenvalue weighted by atomic mass is 10.3. The Labute approximate surface area is 140 Å². The molecule has 3 rings (SSSR count). The summed E-state index contributed by atoms with van der Waals surface area (Å²) in [5, 5.41) is 9.34. The zero-order chi connectivity index (χ0) is 16.1. The number of carbonyl (C=O) groups is 1. The van der Waals surface area contributed by atoms with Crippen molar-refractivity contribution in [3.8, 4) is 0 Å². The summed E-state index contributed by atoms with van der Waals surface area (Å²) in [6.07, 6.45) is 3.66. The molecule has 6 nitrogen and oxygen atoms in total. The molecule has 7 heteroatoms. The molecule has 0 spiro atoms. The minimum atomic E-state index is 0.0282. The molecule has 0 saturated carbocycles. The summed E-state index contributed by atoms with van der Waals surface area (Å²) in [6.45, 7) is 7.11. The number of carbonyl (C=O) groups excluding carboxylic acids is 1. The summed E-state index contributed by atoms with van der Waals surface area (Å²) >= 11 is 1.79. The Morgan fingerprint density at radius 1 is 1.35 bits per heavy atom. The predicted molar refractivity (Wildman–Crippen MR) is 91.4 cm³/mol. The first-order chi connectivity index (χ1) is 11.2. The van der Waals surface area contributed by atoms with E-state index in [1.54, 1.807) is 17.5 Å². The van der Waals surface area contributed by atoms with Crippen LogP contribution in [0, 0.1) is 0 Å². The first-order valence-corrected chi connectivity index (χ1v) is 8.86. The number of rotatable bonds is 5. The number of thiophene rings is 1. The zero-order valence-electron chi connectivity index (χ0n) is 13.4. The molecule has 0 radical (unpaired) electrons. The largest absolute Gasteiger partial charge is 0.334 e. The van der Waals surface area contributed by atoms with Crippen LogP contribution in [-0.4, -0.2) is 57.8 Å². The van der Waals surface area contributed by atoms with Crippen LogP contribution in [-0.2, 0) is 13.1 Å². The average Bonchev–Trinajstić information content (AvgIpc) is 3.21. The van der Waals surface area contributed by atoms with E-state index in [-0.39, 0.29) is 12.1 Å². The van der Waals surface area contributed by atoms with Crippen LogP contribution >= 0.6 is 11.3 Å². The molecule has 2 aromatic rings. The molecule has 1 fully saturated rings. The molecule has 0 aromatic carbocycles. The molecule has 0 aliphatic carbocycles. The highest BCUT2D eigenvalue weighted by Gasteiger charge is 2.22. The summed E-state index contributed by atoms with van der Waals surface area (Å²) in [6, 6.07) is 6.24. The molecule has 3 heterocycles. The Kier molecular flexibility index (Phi) is 5.30. The van der Waals surface area contributed by atoms with Crippen LogP contribution in [0.1, 0.15) is 11.8 Å². The van der Waals surface area contributed by atoms with E-state index in [1.807, 2.05) is 28.8 Å². The van der Waals surface area contributed by atoms with Gasteiger partial charge in [0.2, 0.25) is 0 Å².